The number of Topliss-reactive ketones (excluding diaryl/α,β-unsaturated/α-hetero) is 1. The Balaban J connectivity index is 1.64. The largest absolute Gasteiger partial charge is 0.455 e. The zero-order valence-corrected chi connectivity index (χ0v) is 18.2. The highest BCUT2D eigenvalue weighted by Crippen LogP contribution is 2.11. The van der Waals surface area contributed by atoms with Crippen LogP contribution in [0.25, 0.3) is 0 Å². The van der Waals surface area contributed by atoms with Gasteiger partial charge >= 0.3 is 5.97 Å². The van der Waals surface area contributed by atoms with Crippen molar-refractivity contribution in [3.63, 3.8) is 0 Å². The van der Waals surface area contributed by atoms with Crippen molar-refractivity contribution in [1.29, 1.82) is 0 Å². The van der Waals surface area contributed by atoms with Crippen LogP contribution >= 0.6 is 15.9 Å². The molecule has 0 radical (unpaired) electrons. The van der Waals surface area contributed by atoms with Crippen molar-refractivity contribution in [1.82, 2.24) is 10.9 Å². The molecular formula is C21H20BrN3O6. The van der Waals surface area contributed by atoms with Gasteiger partial charge in [0.15, 0.2) is 12.4 Å². The van der Waals surface area contributed by atoms with Gasteiger partial charge < -0.3 is 10.1 Å². The van der Waals surface area contributed by atoms with Gasteiger partial charge in [-0.25, -0.2) is 0 Å². The number of hydrogen-bond donors (Lipinski definition) is 3. The number of amides is 3. The lowest BCUT2D eigenvalue weighted by atomic mass is 10.1. The molecule has 0 aliphatic rings. The topological polar surface area (TPSA) is 131 Å². The van der Waals surface area contributed by atoms with Gasteiger partial charge in [-0.3, -0.25) is 34.8 Å². The number of hydrogen-bond acceptors (Lipinski definition) is 6. The highest BCUT2D eigenvalue weighted by Gasteiger charge is 2.12. The van der Waals surface area contributed by atoms with Gasteiger partial charge in [-0.15, -0.1) is 0 Å². The van der Waals surface area contributed by atoms with E-state index in [0.717, 1.165) is 4.47 Å². The standard InChI is InChI=1S/C21H20BrN3O6/c1-13(26)14-4-8-17(9-5-14)23-18(27)10-11-20(29)31-12-19(28)24-25-21(30)15-2-6-16(22)7-3-15/h2-9H,10-12H2,1H3,(H,23,27)(H,24,28)(H,25,30). The van der Waals surface area contributed by atoms with Gasteiger partial charge in [-0.2, -0.15) is 0 Å². The summed E-state index contributed by atoms with van der Waals surface area (Å²) in [5.74, 6) is -2.50. The Labute approximate surface area is 186 Å². The first-order chi connectivity index (χ1) is 14.7. The molecule has 0 aliphatic heterocycles. The van der Waals surface area contributed by atoms with E-state index in [4.69, 9.17) is 4.74 Å². The summed E-state index contributed by atoms with van der Waals surface area (Å²) in [6, 6.07) is 12.8. The Morgan fingerprint density at radius 2 is 1.42 bits per heavy atom. The molecule has 10 heteroatoms. The number of carbonyl (C=O) groups excluding carboxylic acids is 5. The second-order valence-corrected chi connectivity index (χ2v) is 7.27. The van der Waals surface area contributed by atoms with Gasteiger partial charge in [0.2, 0.25) is 5.91 Å². The number of esters is 1. The summed E-state index contributed by atoms with van der Waals surface area (Å²) in [4.78, 5) is 58.4. The first-order valence-electron chi connectivity index (χ1n) is 9.16. The molecule has 0 saturated carbocycles. The molecule has 2 aromatic carbocycles. The van der Waals surface area contributed by atoms with Gasteiger partial charge in [0.1, 0.15) is 0 Å². The molecule has 0 atom stereocenters. The maximum absolute atomic E-state index is 11.9. The van der Waals surface area contributed by atoms with Crippen molar-refractivity contribution in [2.24, 2.45) is 0 Å². The van der Waals surface area contributed by atoms with Crippen molar-refractivity contribution in [3.05, 3.63) is 64.1 Å². The lowest BCUT2D eigenvalue weighted by molar-refractivity contribution is -0.149. The molecule has 3 N–H and O–H groups in total. The van der Waals surface area contributed by atoms with Crippen molar-refractivity contribution in [2.75, 3.05) is 11.9 Å². The minimum absolute atomic E-state index is 0.0856. The monoisotopic (exact) mass is 489 g/mol. The van der Waals surface area contributed by atoms with Crippen molar-refractivity contribution in [3.8, 4) is 0 Å². The van der Waals surface area contributed by atoms with E-state index in [9.17, 15) is 24.0 Å². The second-order valence-electron chi connectivity index (χ2n) is 6.35. The van der Waals surface area contributed by atoms with Crippen LogP contribution < -0.4 is 16.2 Å². The molecular weight excluding hydrogens is 470 g/mol. The first kappa shape index (κ1) is 23.7. The summed E-state index contributed by atoms with van der Waals surface area (Å²) >= 11 is 3.25. The van der Waals surface area contributed by atoms with Gasteiger partial charge in [0.05, 0.1) is 6.42 Å². The number of halogens is 1. The Morgan fingerprint density at radius 1 is 0.806 bits per heavy atom. The van der Waals surface area contributed by atoms with E-state index in [2.05, 4.69) is 32.1 Å². The smallest absolute Gasteiger partial charge is 0.306 e. The third-order valence-corrected chi connectivity index (χ3v) is 4.45. The zero-order valence-electron chi connectivity index (χ0n) is 16.6. The van der Waals surface area contributed by atoms with E-state index in [0.29, 0.717) is 16.8 Å². The molecule has 0 heterocycles. The van der Waals surface area contributed by atoms with Crippen LogP contribution in [0.5, 0.6) is 0 Å². The number of anilines is 1. The summed E-state index contributed by atoms with van der Waals surface area (Å²) < 4.78 is 5.58. The lowest BCUT2D eigenvalue weighted by Gasteiger charge is -2.08. The third kappa shape index (κ3) is 8.39. The summed E-state index contributed by atoms with van der Waals surface area (Å²) in [7, 11) is 0. The summed E-state index contributed by atoms with van der Waals surface area (Å²) in [6.07, 6.45) is -0.370. The number of hydrazine groups is 1. The second kappa shape index (κ2) is 11.6. The molecule has 9 nitrogen and oxygen atoms in total. The van der Waals surface area contributed by atoms with E-state index in [1.807, 2.05) is 0 Å². The highest BCUT2D eigenvalue weighted by molar-refractivity contribution is 9.10. The summed E-state index contributed by atoms with van der Waals surface area (Å²) in [5, 5.41) is 2.59. The summed E-state index contributed by atoms with van der Waals surface area (Å²) in [6.45, 7) is 0.837. The van der Waals surface area contributed by atoms with Gasteiger partial charge in [-0.05, 0) is 55.5 Å². The quantitative estimate of drug-likeness (QED) is 0.296. The SMILES string of the molecule is CC(=O)c1ccc(NC(=O)CCC(=O)OCC(=O)NNC(=O)c2ccc(Br)cc2)cc1. The molecule has 2 aromatic rings. The Kier molecular flexibility index (Phi) is 8.89. The third-order valence-electron chi connectivity index (χ3n) is 3.92. The number of rotatable bonds is 8. The molecule has 2 rings (SSSR count). The highest BCUT2D eigenvalue weighted by atomic mass is 79.9. The Morgan fingerprint density at radius 3 is 2.03 bits per heavy atom. The van der Waals surface area contributed by atoms with Gasteiger partial charge in [-0.1, -0.05) is 15.9 Å². The number of ketones is 1. The molecule has 0 unspecified atom stereocenters. The number of carbonyl (C=O) groups is 5. The molecule has 0 bridgehead atoms. The molecule has 162 valence electrons. The first-order valence-corrected chi connectivity index (χ1v) is 9.95. The van der Waals surface area contributed by atoms with Crippen LogP contribution in [0.3, 0.4) is 0 Å². The van der Waals surface area contributed by atoms with Crippen LogP contribution in [0.15, 0.2) is 53.0 Å². The van der Waals surface area contributed by atoms with Crippen molar-refractivity contribution >= 4 is 51.1 Å². The van der Waals surface area contributed by atoms with Crippen LogP contribution in [0.4, 0.5) is 5.69 Å². The van der Waals surface area contributed by atoms with E-state index in [1.165, 1.54) is 6.92 Å². The predicted molar refractivity (Wildman–Crippen MR) is 115 cm³/mol. The molecule has 31 heavy (non-hydrogen) atoms. The molecule has 0 saturated heterocycles. The van der Waals surface area contributed by atoms with Crippen LogP contribution in [0.2, 0.25) is 0 Å². The molecule has 0 aromatic heterocycles. The van der Waals surface area contributed by atoms with Crippen LogP contribution in [0, 0.1) is 0 Å². The molecule has 0 aliphatic carbocycles. The van der Waals surface area contributed by atoms with E-state index in [1.54, 1.807) is 48.5 Å². The zero-order chi connectivity index (χ0) is 22.8. The lowest BCUT2D eigenvalue weighted by Crippen LogP contribution is -2.43. The maximum atomic E-state index is 11.9. The van der Waals surface area contributed by atoms with E-state index < -0.39 is 30.3 Å². The van der Waals surface area contributed by atoms with Gasteiger partial charge in [0, 0.05) is 27.7 Å². The minimum Gasteiger partial charge on any atom is -0.455 e. The fourth-order valence-corrected chi connectivity index (χ4v) is 2.55. The van der Waals surface area contributed by atoms with Crippen LogP contribution in [-0.4, -0.2) is 36.1 Å². The normalized spacial score (nSPS) is 10.0. The average molecular weight is 490 g/mol. The molecule has 0 fully saturated rings. The van der Waals surface area contributed by atoms with Crippen molar-refractivity contribution in [2.45, 2.75) is 19.8 Å². The fourth-order valence-electron chi connectivity index (χ4n) is 2.28. The minimum atomic E-state index is -0.739. The average Bonchev–Trinajstić information content (AvgIpc) is 2.75. The molecule has 3 amide bonds. The van der Waals surface area contributed by atoms with Crippen molar-refractivity contribution < 1.29 is 28.7 Å². The Hall–Kier alpha value is -3.53. The molecule has 0 spiro atoms. The van der Waals surface area contributed by atoms with Crippen LogP contribution in [-0.2, 0) is 19.1 Å². The number of ether oxygens (including phenoxy) is 1. The van der Waals surface area contributed by atoms with Gasteiger partial charge in [0.25, 0.3) is 11.8 Å². The van der Waals surface area contributed by atoms with E-state index in [-0.39, 0.29) is 18.6 Å². The fraction of sp³-hybridized carbons (Fsp3) is 0.190. The number of nitrogens with one attached hydrogen (secondary N) is 3. The predicted octanol–water partition coefficient (Wildman–Crippen LogP) is 2.37. The maximum Gasteiger partial charge on any atom is 0.306 e. The van der Waals surface area contributed by atoms with E-state index >= 15 is 0 Å². The number of benzene rings is 2. The summed E-state index contributed by atoms with van der Waals surface area (Å²) in [5.41, 5.74) is 5.68. The Bertz CT molecular complexity index is 974. The van der Waals surface area contributed by atoms with Crippen LogP contribution in [0.1, 0.15) is 40.5 Å².